The summed E-state index contributed by atoms with van der Waals surface area (Å²) in [6.07, 6.45) is 2.11. The van der Waals surface area contributed by atoms with Crippen LogP contribution in [0.1, 0.15) is 19.8 Å². The SMILES string of the molecule is CCOc1cc(OC2CCN(C)CC2)ccc1[N+](=O)[O-]. The Morgan fingerprint density at radius 3 is 2.70 bits per heavy atom. The van der Waals surface area contributed by atoms with Crippen molar-refractivity contribution in [3.05, 3.63) is 28.3 Å². The van der Waals surface area contributed by atoms with Crippen molar-refractivity contribution in [3.63, 3.8) is 0 Å². The minimum Gasteiger partial charge on any atom is -0.490 e. The van der Waals surface area contributed by atoms with Crippen LogP contribution in [0, 0.1) is 10.1 Å². The molecule has 0 amide bonds. The Labute approximate surface area is 118 Å². The van der Waals surface area contributed by atoms with Crippen LogP contribution < -0.4 is 9.47 Å². The molecule has 1 aliphatic rings. The minimum atomic E-state index is -0.440. The van der Waals surface area contributed by atoms with E-state index >= 15 is 0 Å². The Balaban J connectivity index is 2.08. The maximum atomic E-state index is 10.9. The second-order valence-electron chi connectivity index (χ2n) is 4.94. The van der Waals surface area contributed by atoms with E-state index in [-0.39, 0.29) is 17.5 Å². The second-order valence-corrected chi connectivity index (χ2v) is 4.94. The quantitative estimate of drug-likeness (QED) is 0.612. The zero-order valence-corrected chi connectivity index (χ0v) is 11.9. The number of hydrogen-bond donors (Lipinski definition) is 0. The van der Waals surface area contributed by atoms with Crippen LogP contribution in [-0.4, -0.2) is 42.7 Å². The number of nitro benzene ring substituents is 1. The van der Waals surface area contributed by atoms with E-state index in [0.29, 0.717) is 12.4 Å². The normalized spacial score (nSPS) is 16.9. The largest absolute Gasteiger partial charge is 0.490 e. The van der Waals surface area contributed by atoms with Gasteiger partial charge in [-0.15, -0.1) is 0 Å². The summed E-state index contributed by atoms with van der Waals surface area (Å²) < 4.78 is 11.2. The van der Waals surface area contributed by atoms with Gasteiger partial charge in [-0.1, -0.05) is 0 Å². The molecule has 0 bridgehead atoms. The summed E-state index contributed by atoms with van der Waals surface area (Å²) in [7, 11) is 2.09. The van der Waals surface area contributed by atoms with Crippen LogP contribution in [0.2, 0.25) is 0 Å². The summed E-state index contributed by atoms with van der Waals surface area (Å²) in [6, 6.07) is 4.69. The zero-order valence-electron chi connectivity index (χ0n) is 11.9. The molecule has 2 rings (SSSR count). The lowest BCUT2D eigenvalue weighted by atomic mass is 10.1. The van der Waals surface area contributed by atoms with Crippen LogP contribution in [0.15, 0.2) is 18.2 Å². The number of piperidine rings is 1. The number of benzene rings is 1. The monoisotopic (exact) mass is 280 g/mol. The number of nitro groups is 1. The molecule has 0 saturated carbocycles. The van der Waals surface area contributed by atoms with Gasteiger partial charge in [0.2, 0.25) is 5.75 Å². The molecular formula is C14H20N2O4. The van der Waals surface area contributed by atoms with E-state index in [1.165, 1.54) is 6.07 Å². The van der Waals surface area contributed by atoms with Gasteiger partial charge in [-0.3, -0.25) is 10.1 Å². The molecule has 0 aliphatic carbocycles. The third-order valence-electron chi connectivity index (χ3n) is 3.40. The highest BCUT2D eigenvalue weighted by Crippen LogP contribution is 2.32. The maximum absolute atomic E-state index is 10.9. The average molecular weight is 280 g/mol. The standard InChI is InChI=1S/C14H20N2O4/c1-3-19-14-10-12(4-5-13(14)16(17)18)20-11-6-8-15(2)9-7-11/h4-5,10-11H,3,6-9H2,1-2H3. The predicted octanol–water partition coefficient (Wildman–Crippen LogP) is 2.47. The van der Waals surface area contributed by atoms with E-state index < -0.39 is 4.92 Å². The van der Waals surface area contributed by atoms with Crippen LogP contribution in [0.3, 0.4) is 0 Å². The molecule has 0 unspecified atom stereocenters. The van der Waals surface area contributed by atoms with Crippen molar-refractivity contribution >= 4 is 5.69 Å². The first-order valence-electron chi connectivity index (χ1n) is 6.86. The molecule has 1 aromatic rings. The molecule has 1 fully saturated rings. The number of likely N-dealkylation sites (tertiary alicyclic amines) is 1. The number of ether oxygens (including phenoxy) is 2. The molecule has 110 valence electrons. The van der Waals surface area contributed by atoms with Crippen LogP contribution in [0.4, 0.5) is 5.69 Å². The van der Waals surface area contributed by atoms with Gasteiger partial charge in [-0.2, -0.15) is 0 Å². The molecule has 1 saturated heterocycles. The first-order chi connectivity index (χ1) is 9.60. The fraction of sp³-hybridized carbons (Fsp3) is 0.571. The van der Waals surface area contributed by atoms with Crippen LogP contribution >= 0.6 is 0 Å². The molecule has 1 heterocycles. The van der Waals surface area contributed by atoms with Gasteiger partial charge < -0.3 is 14.4 Å². The van der Waals surface area contributed by atoms with Gasteiger partial charge in [0.25, 0.3) is 0 Å². The summed E-state index contributed by atoms with van der Waals surface area (Å²) in [5, 5.41) is 10.9. The molecule has 20 heavy (non-hydrogen) atoms. The molecule has 0 radical (unpaired) electrons. The van der Waals surface area contributed by atoms with Gasteiger partial charge in [0.1, 0.15) is 11.9 Å². The number of nitrogens with zero attached hydrogens (tertiary/aromatic N) is 2. The Morgan fingerprint density at radius 2 is 2.10 bits per heavy atom. The van der Waals surface area contributed by atoms with Gasteiger partial charge in [0, 0.05) is 25.2 Å². The summed E-state index contributed by atoms with van der Waals surface area (Å²) in [5.74, 6) is 0.900. The third-order valence-corrected chi connectivity index (χ3v) is 3.40. The zero-order chi connectivity index (χ0) is 14.5. The van der Waals surface area contributed by atoms with Crippen molar-refractivity contribution in [1.29, 1.82) is 0 Å². The molecule has 6 heteroatoms. The lowest BCUT2D eigenvalue weighted by Gasteiger charge is -2.29. The van der Waals surface area contributed by atoms with E-state index in [9.17, 15) is 10.1 Å². The van der Waals surface area contributed by atoms with Crippen LogP contribution in [0.25, 0.3) is 0 Å². The Kier molecular flexibility index (Phi) is 4.79. The fourth-order valence-electron chi connectivity index (χ4n) is 2.28. The maximum Gasteiger partial charge on any atom is 0.311 e. The van der Waals surface area contributed by atoms with Crippen molar-refractivity contribution in [2.45, 2.75) is 25.9 Å². The van der Waals surface area contributed by atoms with Crippen molar-refractivity contribution in [3.8, 4) is 11.5 Å². The molecule has 1 aliphatic heterocycles. The van der Waals surface area contributed by atoms with Crippen LogP contribution in [-0.2, 0) is 0 Å². The van der Waals surface area contributed by atoms with Gasteiger partial charge in [0.15, 0.2) is 0 Å². The molecule has 0 aromatic heterocycles. The van der Waals surface area contributed by atoms with E-state index in [1.807, 2.05) is 0 Å². The highest BCUT2D eigenvalue weighted by molar-refractivity contribution is 5.50. The smallest absolute Gasteiger partial charge is 0.311 e. The van der Waals surface area contributed by atoms with Crippen molar-refractivity contribution < 1.29 is 14.4 Å². The molecule has 0 spiro atoms. The average Bonchev–Trinajstić information content (AvgIpc) is 2.42. The molecule has 0 N–H and O–H groups in total. The Hall–Kier alpha value is -1.82. The lowest BCUT2D eigenvalue weighted by Crippen LogP contribution is -2.35. The first-order valence-corrected chi connectivity index (χ1v) is 6.86. The van der Waals surface area contributed by atoms with Gasteiger partial charge >= 0.3 is 5.69 Å². The topological polar surface area (TPSA) is 64.8 Å². The van der Waals surface area contributed by atoms with Crippen LogP contribution in [0.5, 0.6) is 11.5 Å². The highest BCUT2D eigenvalue weighted by atomic mass is 16.6. The summed E-state index contributed by atoms with van der Waals surface area (Å²) in [5.41, 5.74) is -0.0254. The van der Waals surface area contributed by atoms with E-state index in [4.69, 9.17) is 9.47 Å². The minimum absolute atomic E-state index is 0.0254. The van der Waals surface area contributed by atoms with Crippen molar-refractivity contribution in [2.24, 2.45) is 0 Å². The molecular weight excluding hydrogens is 260 g/mol. The third kappa shape index (κ3) is 3.60. The molecule has 6 nitrogen and oxygen atoms in total. The van der Waals surface area contributed by atoms with Gasteiger partial charge in [-0.05, 0) is 32.9 Å². The Morgan fingerprint density at radius 1 is 1.40 bits per heavy atom. The fourth-order valence-corrected chi connectivity index (χ4v) is 2.28. The lowest BCUT2D eigenvalue weighted by molar-refractivity contribution is -0.385. The van der Waals surface area contributed by atoms with Crippen molar-refractivity contribution in [2.75, 3.05) is 26.7 Å². The van der Waals surface area contributed by atoms with E-state index in [0.717, 1.165) is 25.9 Å². The first kappa shape index (κ1) is 14.6. The number of hydrogen-bond acceptors (Lipinski definition) is 5. The highest BCUT2D eigenvalue weighted by Gasteiger charge is 2.20. The Bertz CT molecular complexity index is 470. The number of rotatable bonds is 5. The predicted molar refractivity (Wildman–Crippen MR) is 75.4 cm³/mol. The van der Waals surface area contributed by atoms with Crippen molar-refractivity contribution in [1.82, 2.24) is 4.90 Å². The van der Waals surface area contributed by atoms with Gasteiger partial charge in [-0.25, -0.2) is 0 Å². The summed E-state index contributed by atoms with van der Waals surface area (Å²) >= 11 is 0. The van der Waals surface area contributed by atoms with E-state index in [2.05, 4.69) is 11.9 Å². The summed E-state index contributed by atoms with van der Waals surface area (Å²) in [4.78, 5) is 12.7. The van der Waals surface area contributed by atoms with Gasteiger partial charge in [0.05, 0.1) is 11.5 Å². The summed E-state index contributed by atoms with van der Waals surface area (Å²) in [6.45, 7) is 4.21. The molecule has 0 atom stereocenters. The molecule has 1 aromatic carbocycles. The second kappa shape index (κ2) is 6.56. The van der Waals surface area contributed by atoms with E-state index in [1.54, 1.807) is 19.1 Å².